The van der Waals surface area contributed by atoms with Crippen LogP contribution in [0.4, 0.5) is 5.13 Å². The molecule has 1 aliphatic heterocycles. The van der Waals surface area contributed by atoms with Gasteiger partial charge in [-0.25, -0.2) is 9.97 Å². The summed E-state index contributed by atoms with van der Waals surface area (Å²) in [6.45, 7) is 5.25. The summed E-state index contributed by atoms with van der Waals surface area (Å²) in [4.78, 5) is 28.4. The third kappa shape index (κ3) is 3.26. The number of fused-ring (bicyclic) bond motifs is 1. The number of aryl methyl sites for hydroxylation is 2. The van der Waals surface area contributed by atoms with Crippen molar-refractivity contribution in [2.24, 2.45) is 0 Å². The Hall–Kier alpha value is -2.54. The highest BCUT2D eigenvalue weighted by molar-refractivity contribution is 7.22. The zero-order chi connectivity index (χ0) is 18.1. The van der Waals surface area contributed by atoms with Crippen molar-refractivity contribution < 1.29 is 4.79 Å². The minimum atomic E-state index is -0.173. The maximum absolute atomic E-state index is 12.7. The van der Waals surface area contributed by atoms with E-state index in [2.05, 4.69) is 25.2 Å². The predicted molar refractivity (Wildman–Crippen MR) is 103 cm³/mol. The first-order valence-electron chi connectivity index (χ1n) is 8.82. The molecule has 134 valence electrons. The smallest absolute Gasteiger partial charge is 0.243 e. The quantitative estimate of drug-likeness (QED) is 0.768. The van der Waals surface area contributed by atoms with Gasteiger partial charge in [-0.2, -0.15) is 4.98 Å². The second-order valence-corrected chi connectivity index (χ2v) is 7.54. The number of carbonyl (C=O) groups is 1. The van der Waals surface area contributed by atoms with E-state index < -0.39 is 0 Å². The Labute approximate surface area is 156 Å². The number of anilines is 1. The van der Waals surface area contributed by atoms with Gasteiger partial charge in [0.25, 0.3) is 0 Å². The van der Waals surface area contributed by atoms with Crippen molar-refractivity contribution in [1.29, 1.82) is 0 Å². The van der Waals surface area contributed by atoms with Crippen molar-refractivity contribution in [3.8, 4) is 0 Å². The summed E-state index contributed by atoms with van der Waals surface area (Å²) in [5, 5.41) is 3.92. The summed E-state index contributed by atoms with van der Waals surface area (Å²) in [6.07, 6.45) is 1.84. The van der Waals surface area contributed by atoms with Crippen molar-refractivity contribution in [2.75, 3.05) is 11.4 Å². The van der Waals surface area contributed by atoms with Crippen molar-refractivity contribution in [2.45, 2.75) is 39.3 Å². The second kappa shape index (κ2) is 6.99. The molecule has 26 heavy (non-hydrogen) atoms. The summed E-state index contributed by atoms with van der Waals surface area (Å²) in [5.74, 6) is 0.787. The molecule has 1 aromatic carbocycles. The van der Waals surface area contributed by atoms with Crippen LogP contribution in [-0.4, -0.2) is 33.4 Å². The SMILES string of the molecule is Cc1nc(C)c2sc(N3CCC[C@@H]3C(=O)NCc3ccccc3)nc2n1. The fourth-order valence-electron chi connectivity index (χ4n) is 3.38. The predicted octanol–water partition coefficient (Wildman–Crippen LogP) is 2.99. The van der Waals surface area contributed by atoms with Crippen LogP contribution in [0.25, 0.3) is 10.3 Å². The topological polar surface area (TPSA) is 71.0 Å². The standard InChI is InChI=1S/C19H21N5OS/c1-12-16-17(22-13(2)21-12)23-19(26-16)24-10-6-9-15(24)18(25)20-11-14-7-4-3-5-8-14/h3-5,7-8,15H,6,9-11H2,1-2H3,(H,20,25)/t15-/m1/s1. The molecule has 1 N–H and O–H groups in total. The van der Waals surface area contributed by atoms with E-state index in [1.165, 1.54) is 0 Å². The fourth-order valence-corrected chi connectivity index (χ4v) is 4.40. The zero-order valence-electron chi connectivity index (χ0n) is 14.9. The molecule has 1 atom stereocenters. The molecule has 1 fully saturated rings. The zero-order valence-corrected chi connectivity index (χ0v) is 15.7. The van der Waals surface area contributed by atoms with Gasteiger partial charge in [-0.15, -0.1) is 0 Å². The highest BCUT2D eigenvalue weighted by Gasteiger charge is 2.32. The van der Waals surface area contributed by atoms with Gasteiger partial charge in [0, 0.05) is 13.1 Å². The normalized spacial score (nSPS) is 17.0. The molecule has 7 heteroatoms. The molecule has 0 spiro atoms. The maximum atomic E-state index is 12.7. The van der Waals surface area contributed by atoms with Crippen LogP contribution in [0.5, 0.6) is 0 Å². The number of aromatic nitrogens is 3. The molecule has 0 radical (unpaired) electrons. The monoisotopic (exact) mass is 367 g/mol. The lowest BCUT2D eigenvalue weighted by molar-refractivity contribution is -0.122. The average Bonchev–Trinajstić information content (AvgIpc) is 3.27. The summed E-state index contributed by atoms with van der Waals surface area (Å²) in [6, 6.07) is 9.80. The fraction of sp³-hybridized carbons (Fsp3) is 0.368. The van der Waals surface area contributed by atoms with Gasteiger partial charge in [0.1, 0.15) is 11.9 Å². The van der Waals surface area contributed by atoms with Crippen LogP contribution in [0.1, 0.15) is 29.9 Å². The number of benzene rings is 1. The van der Waals surface area contributed by atoms with Gasteiger partial charge >= 0.3 is 0 Å². The van der Waals surface area contributed by atoms with Gasteiger partial charge < -0.3 is 10.2 Å². The van der Waals surface area contributed by atoms with Crippen LogP contribution in [0.3, 0.4) is 0 Å². The van der Waals surface area contributed by atoms with Crippen molar-refractivity contribution in [3.05, 3.63) is 47.4 Å². The first-order chi connectivity index (χ1) is 12.6. The summed E-state index contributed by atoms with van der Waals surface area (Å²) in [5.41, 5.74) is 2.78. The lowest BCUT2D eigenvalue weighted by atomic mass is 10.2. The van der Waals surface area contributed by atoms with Gasteiger partial charge in [0.2, 0.25) is 5.91 Å². The Morgan fingerprint density at radius 2 is 2.04 bits per heavy atom. The van der Waals surface area contributed by atoms with E-state index in [1.54, 1.807) is 11.3 Å². The van der Waals surface area contributed by atoms with E-state index in [0.717, 1.165) is 51.9 Å². The van der Waals surface area contributed by atoms with Crippen LogP contribution >= 0.6 is 11.3 Å². The van der Waals surface area contributed by atoms with Crippen molar-refractivity contribution in [1.82, 2.24) is 20.3 Å². The van der Waals surface area contributed by atoms with E-state index in [-0.39, 0.29) is 11.9 Å². The molecule has 0 aliphatic carbocycles. The van der Waals surface area contributed by atoms with E-state index in [4.69, 9.17) is 0 Å². The van der Waals surface area contributed by atoms with Gasteiger partial charge in [0.15, 0.2) is 10.8 Å². The second-order valence-electron chi connectivity index (χ2n) is 6.56. The molecule has 1 aliphatic rings. The first kappa shape index (κ1) is 16.9. The molecular formula is C19H21N5OS. The highest BCUT2D eigenvalue weighted by Crippen LogP contribution is 2.33. The van der Waals surface area contributed by atoms with Crippen LogP contribution in [0.2, 0.25) is 0 Å². The molecular weight excluding hydrogens is 346 g/mol. The number of rotatable bonds is 4. The maximum Gasteiger partial charge on any atom is 0.243 e. The number of nitrogens with one attached hydrogen (secondary N) is 1. The van der Waals surface area contributed by atoms with Crippen molar-refractivity contribution in [3.63, 3.8) is 0 Å². The van der Waals surface area contributed by atoms with Crippen LogP contribution in [0, 0.1) is 13.8 Å². The van der Waals surface area contributed by atoms with Gasteiger partial charge in [0.05, 0.1) is 10.4 Å². The lowest BCUT2D eigenvalue weighted by Crippen LogP contribution is -2.43. The number of amides is 1. The molecule has 0 saturated carbocycles. The lowest BCUT2D eigenvalue weighted by Gasteiger charge is -2.23. The average molecular weight is 367 g/mol. The van der Waals surface area contributed by atoms with E-state index in [1.807, 2.05) is 44.2 Å². The van der Waals surface area contributed by atoms with Gasteiger partial charge in [-0.1, -0.05) is 41.7 Å². The highest BCUT2D eigenvalue weighted by atomic mass is 32.1. The molecule has 1 saturated heterocycles. The number of carbonyl (C=O) groups excluding carboxylic acids is 1. The van der Waals surface area contributed by atoms with E-state index in [0.29, 0.717) is 6.54 Å². The Bertz CT molecular complexity index is 940. The number of thiazole rings is 1. The molecule has 6 nitrogen and oxygen atoms in total. The Morgan fingerprint density at radius 3 is 2.85 bits per heavy atom. The molecule has 2 aromatic heterocycles. The molecule has 0 unspecified atom stereocenters. The minimum absolute atomic E-state index is 0.0598. The largest absolute Gasteiger partial charge is 0.350 e. The summed E-state index contributed by atoms with van der Waals surface area (Å²) >= 11 is 1.58. The summed E-state index contributed by atoms with van der Waals surface area (Å²) < 4.78 is 1.00. The van der Waals surface area contributed by atoms with Crippen LogP contribution in [-0.2, 0) is 11.3 Å². The molecule has 4 rings (SSSR count). The number of hydrogen-bond acceptors (Lipinski definition) is 6. The Kier molecular flexibility index (Phi) is 4.55. The van der Waals surface area contributed by atoms with E-state index >= 15 is 0 Å². The first-order valence-corrected chi connectivity index (χ1v) is 9.63. The van der Waals surface area contributed by atoms with Gasteiger partial charge in [-0.05, 0) is 32.3 Å². The van der Waals surface area contributed by atoms with E-state index in [9.17, 15) is 4.79 Å². The Balaban J connectivity index is 1.53. The molecule has 0 bridgehead atoms. The van der Waals surface area contributed by atoms with Crippen LogP contribution < -0.4 is 10.2 Å². The Morgan fingerprint density at radius 1 is 1.23 bits per heavy atom. The number of hydrogen-bond donors (Lipinski definition) is 1. The van der Waals surface area contributed by atoms with Gasteiger partial charge in [-0.3, -0.25) is 4.79 Å². The van der Waals surface area contributed by atoms with Crippen LogP contribution in [0.15, 0.2) is 30.3 Å². The minimum Gasteiger partial charge on any atom is -0.350 e. The third-order valence-electron chi connectivity index (χ3n) is 4.63. The third-order valence-corrected chi connectivity index (χ3v) is 5.83. The molecule has 3 aromatic rings. The van der Waals surface area contributed by atoms with Crippen molar-refractivity contribution >= 4 is 32.7 Å². The summed E-state index contributed by atoms with van der Waals surface area (Å²) in [7, 11) is 0. The molecule has 1 amide bonds. The number of nitrogens with zero attached hydrogens (tertiary/aromatic N) is 4. The molecule has 3 heterocycles.